The van der Waals surface area contributed by atoms with Crippen molar-refractivity contribution in [3.8, 4) is 11.1 Å². The lowest BCUT2D eigenvalue weighted by Crippen LogP contribution is -2.34. The second-order valence-electron chi connectivity index (χ2n) is 5.94. The van der Waals surface area contributed by atoms with Crippen LogP contribution in [0.1, 0.15) is 41.7 Å². The van der Waals surface area contributed by atoms with E-state index in [2.05, 4.69) is 11.8 Å². The molecule has 1 aliphatic heterocycles. The summed E-state index contributed by atoms with van der Waals surface area (Å²) in [6.07, 6.45) is 3.07. The normalized spacial score (nSPS) is 15.4. The van der Waals surface area contributed by atoms with Crippen molar-refractivity contribution < 1.29 is 14.3 Å². The second-order valence-corrected chi connectivity index (χ2v) is 5.94. The van der Waals surface area contributed by atoms with Crippen LogP contribution in [0.5, 0.6) is 0 Å². The Morgan fingerprint density at radius 2 is 2.00 bits per heavy atom. The van der Waals surface area contributed by atoms with Gasteiger partial charge in [0.15, 0.2) is 0 Å². The number of ether oxygens (including phenoxy) is 1. The molecule has 24 heavy (non-hydrogen) atoms. The van der Waals surface area contributed by atoms with Crippen molar-refractivity contribution in [3.63, 3.8) is 0 Å². The zero-order valence-electron chi connectivity index (χ0n) is 14.0. The van der Waals surface area contributed by atoms with E-state index in [0.717, 1.165) is 48.1 Å². The van der Waals surface area contributed by atoms with Crippen molar-refractivity contribution >= 4 is 17.9 Å². The van der Waals surface area contributed by atoms with Gasteiger partial charge in [0.2, 0.25) is 0 Å². The number of hydrogen-bond acceptors (Lipinski definition) is 4. The Kier molecular flexibility index (Phi) is 4.65. The van der Waals surface area contributed by atoms with Gasteiger partial charge >= 0.3 is 5.97 Å². The molecule has 0 N–H and O–H groups in total. The lowest BCUT2D eigenvalue weighted by molar-refractivity contribution is -0.109. The molecule has 0 radical (unpaired) electrons. The zero-order chi connectivity index (χ0) is 17.1. The van der Waals surface area contributed by atoms with Gasteiger partial charge in [-0.1, -0.05) is 37.6 Å². The van der Waals surface area contributed by atoms with Crippen LogP contribution in [0.25, 0.3) is 11.1 Å². The summed E-state index contributed by atoms with van der Waals surface area (Å²) in [5.74, 6) is -0.354. The van der Waals surface area contributed by atoms with Gasteiger partial charge in [0, 0.05) is 17.8 Å². The van der Waals surface area contributed by atoms with Crippen molar-refractivity contribution in [1.29, 1.82) is 0 Å². The first-order valence-electron chi connectivity index (χ1n) is 8.24. The highest BCUT2D eigenvalue weighted by Gasteiger charge is 2.30. The summed E-state index contributed by atoms with van der Waals surface area (Å²) in [5, 5.41) is 0. The number of anilines is 1. The SMILES string of the molecule is CCCCN1c2ccc(C(=O)OC)cc2-c2ccccc2C1C=O. The van der Waals surface area contributed by atoms with E-state index in [1.54, 1.807) is 6.07 Å². The highest BCUT2D eigenvalue weighted by molar-refractivity contribution is 5.96. The van der Waals surface area contributed by atoms with Gasteiger partial charge in [-0.15, -0.1) is 0 Å². The number of benzene rings is 2. The van der Waals surface area contributed by atoms with E-state index >= 15 is 0 Å². The van der Waals surface area contributed by atoms with Gasteiger partial charge in [0.1, 0.15) is 12.3 Å². The molecule has 0 amide bonds. The van der Waals surface area contributed by atoms with Gasteiger partial charge in [-0.25, -0.2) is 4.79 Å². The standard InChI is InChI=1S/C20H21NO3/c1-3-4-11-21-18-10-9-14(20(23)24-2)12-17(18)15-7-5-6-8-16(15)19(21)13-22/h5-10,12-13,19H,3-4,11H2,1-2H3. The summed E-state index contributed by atoms with van der Waals surface area (Å²) in [4.78, 5) is 25.8. The maximum Gasteiger partial charge on any atom is 0.337 e. The van der Waals surface area contributed by atoms with Gasteiger partial charge in [-0.05, 0) is 35.7 Å². The van der Waals surface area contributed by atoms with Gasteiger partial charge < -0.3 is 14.4 Å². The van der Waals surface area contributed by atoms with E-state index in [-0.39, 0.29) is 12.0 Å². The monoisotopic (exact) mass is 323 g/mol. The fourth-order valence-electron chi connectivity index (χ4n) is 3.30. The number of carbonyl (C=O) groups excluding carboxylic acids is 2. The third-order valence-corrected chi connectivity index (χ3v) is 4.51. The van der Waals surface area contributed by atoms with Crippen LogP contribution in [0.15, 0.2) is 42.5 Å². The fraction of sp³-hybridized carbons (Fsp3) is 0.300. The Morgan fingerprint density at radius 1 is 1.21 bits per heavy atom. The van der Waals surface area contributed by atoms with E-state index in [9.17, 15) is 9.59 Å². The first-order chi connectivity index (χ1) is 11.7. The maximum absolute atomic E-state index is 11.9. The number of unbranched alkanes of at least 4 members (excludes halogenated alkanes) is 1. The minimum Gasteiger partial charge on any atom is -0.465 e. The first-order valence-corrected chi connectivity index (χ1v) is 8.24. The van der Waals surface area contributed by atoms with Crippen molar-refractivity contribution in [2.45, 2.75) is 25.8 Å². The molecule has 3 rings (SSSR count). The quantitative estimate of drug-likeness (QED) is 0.616. The molecule has 1 atom stereocenters. The summed E-state index contributed by atoms with van der Waals surface area (Å²) in [6, 6.07) is 13.1. The zero-order valence-corrected chi connectivity index (χ0v) is 14.0. The molecule has 0 saturated heterocycles. The van der Waals surface area contributed by atoms with Gasteiger partial charge in [-0.2, -0.15) is 0 Å². The molecule has 0 aliphatic carbocycles. The molecule has 124 valence electrons. The molecular formula is C20H21NO3. The number of fused-ring (bicyclic) bond motifs is 3. The summed E-state index contributed by atoms with van der Waals surface area (Å²) >= 11 is 0. The molecule has 0 bridgehead atoms. The summed E-state index contributed by atoms with van der Waals surface area (Å²) in [7, 11) is 1.38. The molecule has 2 aromatic rings. The van der Waals surface area contributed by atoms with E-state index in [1.807, 2.05) is 36.4 Å². The van der Waals surface area contributed by atoms with Crippen LogP contribution in [0.4, 0.5) is 5.69 Å². The Hall–Kier alpha value is -2.62. The molecule has 4 heteroatoms. The van der Waals surface area contributed by atoms with Crippen molar-refractivity contribution in [2.75, 3.05) is 18.6 Å². The molecule has 1 unspecified atom stereocenters. The fourth-order valence-corrected chi connectivity index (χ4v) is 3.30. The number of aldehydes is 1. The highest BCUT2D eigenvalue weighted by atomic mass is 16.5. The molecule has 0 saturated carbocycles. The maximum atomic E-state index is 11.9. The van der Waals surface area contributed by atoms with Crippen LogP contribution in [-0.2, 0) is 9.53 Å². The topological polar surface area (TPSA) is 46.6 Å². The Bertz CT molecular complexity index is 769. The van der Waals surface area contributed by atoms with E-state index in [0.29, 0.717) is 5.56 Å². The third-order valence-electron chi connectivity index (χ3n) is 4.51. The lowest BCUT2D eigenvalue weighted by atomic mass is 9.87. The smallest absolute Gasteiger partial charge is 0.337 e. The second kappa shape index (κ2) is 6.87. The van der Waals surface area contributed by atoms with Crippen LogP contribution < -0.4 is 4.90 Å². The highest BCUT2D eigenvalue weighted by Crippen LogP contribution is 2.44. The van der Waals surface area contributed by atoms with Gasteiger partial charge in [0.05, 0.1) is 12.7 Å². The van der Waals surface area contributed by atoms with Gasteiger partial charge in [-0.3, -0.25) is 0 Å². The number of carbonyl (C=O) groups is 2. The minimum atomic E-state index is -0.354. The number of hydrogen-bond donors (Lipinski definition) is 0. The molecular weight excluding hydrogens is 302 g/mol. The molecule has 0 fully saturated rings. The van der Waals surface area contributed by atoms with Gasteiger partial charge in [0.25, 0.3) is 0 Å². The number of rotatable bonds is 5. The first kappa shape index (κ1) is 16.2. The lowest BCUT2D eigenvalue weighted by Gasteiger charge is -2.37. The summed E-state index contributed by atoms with van der Waals surface area (Å²) in [5.41, 5.74) is 4.47. The number of methoxy groups -OCH3 is 1. The number of nitrogens with zero attached hydrogens (tertiary/aromatic N) is 1. The molecule has 1 heterocycles. The summed E-state index contributed by atoms with van der Waals surface area (Å²) in [6.45, 7) is 2.94. The Balaban J connectivity index is 2.18. The molecule has 0 aromatic heterocycles. The van der Waals surface area contributed by atoms with Crippen LogP contribution in [0.2, 0.25) is 0 Å². The van der Waals surface area contributed by atoms with Crippen LogP contribution >= 0.6 is 0 Å². The molecule has 4 nitrogen and oxygen atoms in total. The largest absolute Gasteiger partial charge is 0.465 e. The molecule has 0 spiro atoms. The van der Waals surface area contributed by atoms with Crippen molar-refractivity contribution in [2.24, 2.45) is 0 Å². The number of esters is 1. The molecule has 1 aliphatic rings. The van der Waals surface area contributed by atoms with Crippen LogP contribution in [-0.4, -0.2) is 25.9 Å². The molecule has 2 aromatic carbocycles. The van der Waals surface area contributed by atoms with Crippen molar-refractivity contribution in [3.05, 3.63) is 53.6 Å². The minimum absolute atomic E-state index is 0.288. The summed E-state index contributed by atoms with van der Waals surface area (Å²) < 4.78 is 4.84. The average Bonchev–Trinajstić information content (AvgIpc) is 2.64. The van der Waals surface area contributed by atoms with Crippen LogP contribution in [0.3, 0.4) is 0 Å². The third kappa shape index (κ3) is 2.68. The van der Waals surface area contributed by atoms with E-state index in [1.165, 1.54) is 7.11 Å². The predicted octanol–water partition coefficient (Wildman–Crippen LogP) is 4.00. The average molecular weight is 323 g/mol. The van der Waals surface area contributed by atoms with E-state index < -0.39 is 0 Å². The van der Waals surface area contributed by atoms with Crippen LogP contribution in [0, 0.1) is 0 Å². The van der Waals surface area contributed by atoms with E-state index in [4.69, 9.17) is 4.74 Å². The Labute approximate surface area is 142 Å². The van der Waals surface area contributed by atoms with Crippen molar-refractivity contribution in [1.82, 2.24) is 0 Å². The Morgan fingerprint density at radius 3 is 2.71 bits per heavy atom. The predicted molar refractivity (Wildman–Crippen MR) is 94.3 cm³/mol.